The third-order valence-corrected chi connectivity index (χ3v) is 2.81. The number of nitrogens with one attached hydrogen (secondary N) is 1. The maximum atomic E-state index is 11.7. The Balaban J connectivity index is 2.69. The molecule has 1 rings (SSSR count). The maximum absolute atomic E-state index is 11.7. The summed E-state index contributed by atoms with van der Waals surface area (Å²) in [5.41, 5.74) is 0.0803. The summed E-state index contributed by atoms with van der Waals surface area (Å²) >= 11 is 0. The predicted molar refractivity (Wildman–Crippen MR) is 69.7 cm³/mol. The van der Waals surface area contributed by atoms with E-state index in [9.17, 15) is 9.59 Å². The lowest BCUT2D eigenvalue weighted by Crippen LogP contribution is -2.39. The van der Waals surface area contributed by atoms with Crippen LogP contribution in [0.1, 0.15) is 19.5 Å². The zero-order valence-electron chi connectivity index (χ0n) is 11.4. The van der Waals surface area contributed by atoms with Crippen molar-refractivity contribution in [3.05, 3.63) is 32.6 Å². The van der Waals surface area contributed by atoms with E-state index in [1.165, 1.54) is 17.7 Å². The molecule has 0 saturated carbocycles. The van der Waals surface area contributed by atoms with Crippen molar-refractivity contribution >= 4 is 0 Å². The van der Waals surface area contributed by atoms with Gasteiger partial charge in [0, 0.05) is 45.6 Å². The molecule has 6 nitrogen and oxygen atoms in total. The highest BCUT2D eigenvalue weighted by Crippen LogP contribution is 1.92. The summed E-state index contributed by atoms with van der Waals surface area (Å²) in [7, 11) is 3.13. The van der Waals surface area contributed by atoms with Gasteiger partial charge in [-0.2, -0.15) is 0 Å². The van der Waals surface area contributed by atoms with Crippen LogP contribution in [0, 0.1) is 0 Å². The number of ether oxygens (including phenoxy) is 1. The second-order valence-electron chi connectivity index (χ2n) is 4.27. The molecule has 1 unspecified atom stereocenters. The van der Waals surface area contributed by atoms with Crippen LogP contribution in [0.2, 0.25) is 0 Å². The van der Waals surface area contributed by atoms with E-state index in [1.54, 1.807) is 7.05 Å². The summed E-state index contributed by atoms with van der Waals surface area (Å²) in [6.45, 7) is 5.74. The number of hydrogen-bond acceptors (Lipinski definition) is 4. The largest absolute Gasteiger partial charge is 0.377 e. The van der Waals surface area contributed by atoms with Gasteiger partial charge in [0.1, 0.15) is 0 Å². The van der Waals surface area contributed by atoms with Crippen LogP contribution in [-0.4, -0.2) is 28.4 Å². The molecule has 102 valence electrons. The molecular formula is C12H21N3O3. The smallest absolute Gasteiger partial charge is 0.330 e. The molecule has 0 amide bonds. The Kier molecular flexibility index (Phi) is 5.30. The molecule has 1 N–H and O–H groups in total. The monoisotopic (exact) mass is 255 g/mol. The fraction of sp³-hybridized carbons (Fsp3) is 0.667. The molecule has 1 atom stereocenters. The summed E-state index contributed by atoms with van der Waals surface area (Å²) in [5, 5.41) is 3.17. The van der Waals surface area contributed by atoms with Gasteiger partial charge in [-0.25, -0.2) is 4.79 Å². The fourth-order valence-electron chi connectivity index (χ4n) is 1.69. The standard InChI is InChI=1S/C12H21N3O3/c1-5-18-9(2)7-13-8-10-6-11(16)15(4)12(17)14(10)3/h6,9,13H,5,7-8H2,1-4H3. The molecule has 1 aromatic heterocycles. The van der Waals surface area contributed by atoms with E-state index in [1.807, 2.05) is 13.8 Å². The van der Waals surface area contributed by atoms with E-state index in [0.29, 0.717) is 25.4 Å². The van der Waals surface area contributed by atoms with E-state index in [2.05, 4.69) is 5.32 Å². The minimum atomic E-state index is -0.308. The lowest BCUT2D eigenvalue weighted by Gasteiger charge is -2.14. The van der Waals surface area contributed by atoms with Crippen LogP contribution in [0.4, 0.5) is 0 Å². The third kappa shape index (κ3) is 3.54. The molecule has 1 heterocycles. The van der Waals surface area contributed by atoms with Crippen LogP contribution in [-0.2, 0) is 25.4 Å². The summed E-state index contributed by atoms with van der Waals surface area (Å²) in [6.07, 6.45) is 0.110. The van der Waals surface area contributed by atoms with Crippen LogP contribution < -0.4 is 16.6 Å². The lowest BCUT2D eigenvalue weighted by molar-refractivity contribution is 0.0758. The number of nitrogens with zero attached hydrogens (tertiary/aromatic N) is 2. The molecule has 6 heteroatoms. The molecule has 0 fully saturated rings. The summed E-state index contributed by atoms with van der Waals surface area (Å²) < 4.78 is 7.94. The Labute approximate surface area is 106 Å². The summed E-state index contributed by atoms with van der Waals surface area (Å²) in [6, 6.07) is 1.47. The van der Waals surface area contributed by atoms with Crippen molar-refractivity contribution < 1.29 is 4.74 Å². The van der Waals surface area contributed by atoms with Gasteiger partial charge in [0.2, 0.25) is 0 Å². The Morgan fingerprint density at radius 1 is 1.33 bits per heavy atom. The summed E-state index contributed by atoms with van der Waals surface area (Å²) in [4.78, 5) is 23.2. The van der Waals surface area contributed by atoms with E-state index in [-0.39, 0.29) is 17.4 Å². The zero-order chi connectivity index (χ0) is 13.7. The summed E-state index contributed by atoms with van der Waals surface area (Å²) in [5.74, 6) is 0. The van der Waals surface area contributed by atoms with Crippen molar-refractivity contribution in [2.24, 2.45) is 14.1 Å². The van der Waals surface area contributed by atoms with Crippen molar-refractivity contribution in [3.8, 4) is 0 Å². The number of aromatic nitrogens is 2. The highest BCUT2D eigenvalue weighted by atomic mass is 16.5. The van der Waals surface area contributed by atoms with Crippen molar-refractivity contribution in [2.45, 2.75) is 26.5 Å². The van der Waals surface area contributed by atoms with E-state index in [0.717, 1.165) is 4.57 Å². The first-order valence-corrected chi connectivity index (χ1v) is 6.05. The van der Waals surface area contributed by atoms with Crippen LogP contribution in [0.25, 0.3) is 0 Å². The van der Waals surface area contributed by atoms with Crippen LogP contribution in [0.15, 0.2) is 15.7 Å². The van der Waals surface area contributed by atoms with Crippen LogP contribution >= 0.6 is 0 Å². The molecule has 0 aliphatic heterocycles. The van der Waals surface area contributed by atoms with Gasteiger partial charge in [0.05, 0.1) is 6.10 Å². The molecule has 18 heavy (non-hydrogen) atoms. The molecule has 0 saturated heterocycles. The first-order valence-electron chi connectivity index (χ1n) is 6.05. The Hall–Kier alpha value is -1.40. The third-order valence-electron chi connectivity index (χ3n) is 2.81. The molecule has 0 aromatic carbocycles. The number of hydrogen-bond donors (Lipinski definition) is 1. The van der Waals surface area contributed by atoms with Crippen molar-refractivity contribution in [3.63, 3.8) is 0 Å². The van der Waals surface area contributed by atoms with Gasteiger partial charge >= 0.3 is 5.69 Å². The molecular weight excluding hydrogens is 234 g/mol. The average molecular weight is 255 g/mol. The zero-order valence-corrected chi connectivity index (χ0v) is 11.4. The van der Waals surface area contributed by atoms with E-state index < -0.39 is 0 Å². The SMILES string of the molecule is CCOC(C)CNCc1cc(=O)n(C)c(=O)n1C. The van der Waals surface area contributed by atoms with Crippen molar-refractivity contribution in [1.29, 1.82) is 0 Å². The van der Waals surface area contributed by atoms with Gasteiger partial charge in [-0.15, -0.1) is 0 Å². The first-order chi connectivity index (χ1) is 8.47. The normalized spacial score (nSPS) is 12.7. The van der Waals surface area contributed by atoms with Crippen LogP contribution in [0.5, 0.6) is 0 Å². The Morgan fingerprint density at radius 3 is 2.61 bits per heavy atom. The molecule has 0 bridgehead atoms. The van der Waals surface area contributed by atoms with Gasteiger partial charge in [-0.05, 0) is 13.8 Å². The highest BCUT2D eigenvalue weighted by molar-refractivity contribution is 5.01. The van der Waals surface area contributed by atoms with Crippen molar-refractivity contribution in [1.82, 2.24) is 14.5 Å². The van der Waals surface area contributed by atoms with Gasteiger partial charge in [-0.1, -0.05) is 0 Å². The van der Waals surface area contributed by atoms with E-state index >= 15 is 0 Å². The van der Waals surface area contributed by atoms with Crippen molar-refractivity contribution in [2.75, 3.05) is 13.2 Å². The molecule has 0 aliphatic carbocycles. The minimum Gasteiger partial charge on any atom is -0.377 e. The Morgan fingerprint density at radius 2 is 2.00 bits per heavy atom. The molecule has 1 aromatic rings. The second kappa shape index (κ2) is 6.51. The lowest BCUT2D eigenvalue weighted by atomic mass is 10.3. The van der Waals surface area contributed by atoms with E-state index in [4.69, 9.17) is 4.74 Å². The van der Waals surface area contributed by atoms with Gasteiger partial charge < -0.3 is 10.1 Å². The fourth-order valence-corrected chi connectivity index (χ4v) is 1.69. The Bertz CT molecular complexity index is 504. The van der Waals surface area contributed by atoms with Gasteiger partial charge in [0.25, 0.3) is 5.56 Å². The van der Waals surface area contributed by atoms with Crippen LogP contribution in [0.3, 0.4) is 0 Å². The average Bonchev–Trinajstić information content (AvgIpc) is 2.33. The van der Waals surface area contributed by atoms with Gasteiger partial charge in [0.15, 0.2) is 0 Å². The molecule has 0 aliphatic rings. The maximum Gasteiger partial charge on any atom is 0.330 e. The topological polar surface area (TPSA) is 65.3 Å². The minimum absolute atomic E-state index is 0.110. The predicted octanol–water partition coefficient (Wildman–Crippen LogP) is -0.401. The number of rotatable bonds is 6. The first kappa shape index (κ1) is 14.7. The quantitative estimate of drug-likeness (QED) is 0.751. The molecule has 0 spiro atoms. The second-order valence-corrected chi connectivity index (χ2v) is 4.27. The highest BCUT2D eigenvalue weighted by Gasteiger charge is 2.06. The molecule has 0 radical (unpaired) electrons. The van der Waals surface area contributed by atoms with Gasteiger partial charge in [-0.3, -0.25) is 13.9 Å².